The third kappa shape index (κ3) is 4.61. The third-order valence-electron chi connectivity index (χ3n) is 5.79. The van der Waals surface area contributed by atoms with Crippen LogP contribution in [-0.2, 0) is 4.79 Å². The lowest BCUT2D eigenvalue weighted by Crippen LogP contribution is -2.29. The van der Waals surface area contributed by atoms with Gasteiger partial charge in [0.05, 0.1) is 21.8 Å². The van der Waals surface area contributed by atoms with Gasteiger partial charge in [-0.05, 0) is 73.1 Å². The number of rotatable bonds is 5. The Morgan fingerprint density at radius 2 is 1.69 bits per heavy atom. The second-order valence-corrected chi connectivity index (χ2v) is 9.32. The highest BCUT2D eigenvalue weighted by Gasteiger charge is 2.35. The summed E-state index contributed by atoms with van der Waals surface area (Å²) >= 11 is 1.29. The first-order valence-electron chi connectivity index (χ1n) is 11.3. The Labute approximate surface area is 212 Å². The highest BCUT2D eigenvalue weighted by atomic mass is 32.2. The smallest absolute Gasteiger partial charge is 0.335 e. The first kappa shape index (κ1) is 23.4. The maximum atomic E-state index is 13.6. The van der Waals surface area contributed by atoms with Gasteiger partial charge in [-0.25, -0.2) is 9.79 Å². The zero-order chi connectivity index (χ0) is 25.2. The Morgan fingerprint density at radius 1 is 0.944 bits per heavy atom. The Morgan fingerprint density at radius 3 is 2.44 bits per heavy atom. The molecule has 1 saturated heterocycles. The van der Waals surface area contributed by atoms with Gasteiger partial charge in [0.2, 0.25) is 0 Å². The number of hydrogen-bond donors (Lipinski definition) is 1. The zero-order valence-corrected chi connectivity index (χ0v) is 20.5. The molecular weight excluding hydrogens is 472 g/mol. The number of para-hydroxylation sites is 2. The maximum absolute atomic E-state index is 13.6. The topological polar surface area (TPSA) is 83.1 Å². The predicted octanol–water partition coefficient (Wildman–Crippen LogP) is 7.07. The number of hydrogen-bond acceptors (Lipinski definition) is 5. The lowest BCUT2D eigenvalue weighted by atomic mass is 10.1. The number of aryl methyl sites for hydroxylation is 2. The molecule has 1 aromatic heterocycles. The van der Waals surface area contributed by atoms with Gasteiger partial charge in [-0.3, -0.25) is 9.69 Å². The third-order valence-corrected chi connectivity index (χ3v) is 6.76. The van der Waals surface area contributed by atoms with E-state index in [2.05, 4.69) is 0 Å². The van der Waals surface area contributed by atoms with Crippen LogP contribution in [-0.4, -0.2) is 22.2 Å². The fraction of sp³-hybridized carbons (Fsp3) is 0.0690. The van der Waals surface area contributed by atoms with Crippen LogP contribution in [0.15, 0.2) is 99.2 Å². The van der Waals surface area contributed by atoms with Crippen molar-refractivity contribution in [2.45, 2.75) is 13.8 Å². The van der Waals surface area contributed by atoms with Crippen molar-refractivity contribution < 1.29 is 19.1 Å². The number of amides is 1. The molecule has 0 atom stereocenters. The molecule has 1 fully saturated rings. The number of carboxylic acid groups (broad SMARTS) is 1. The van der Waals surface area contributed by atoms with Crippen LogP contribution in [0.4, 0.5) is 11.4 Å². The minimum atomic E-state index is -1.00. The lowest BCUT2D eigenvalue weighted by molar-refractivity contribution is -0.113. The molecule has 1 aliphatic rings. The number of thioether (sulfide) groups is 1. The quantitative estimate of drug-likeness (QED) is 0.300. The monoisotopic (exact) mass is 494 g/mol. The summed E-state index contributed by atoms with van der Waals surface area (Å²) in [6.45, 7) is 3.95. The maximum Gasteiger partial charge on any atom is 0.335 e. The number of furan rings is 1. The molecule has 36 heavy (non-hydrogen) atoms. The van der Waals surface area contributed by atoms with Gasteiger partial charge in [-0.1, -0.05) is 48.5 Å². The number of anilines is 1. The molecule has 0 bridgehead atoms. The highest BCUT2D eigenvalue weighted by molar-refractivity contribution is 8.19. The summed E-state index contributed by atoms with van der Waals surface area (Å²) < 4.78 is 5.96. The first-order valence-corrected chi connectivity index (χ1v) is 12.1. The summed E-state index contributed by atoms with van der Waals surface area (Å²) in [7, 11) is 0. The van der Waals surface area contributed by atoms with Crippen molar-refractivity contribution >= 4 is 46.3 Å². The molecule has 3 aromatic carbocycles. The van der Waals surface area contributed by atoms with Crippen molar-refractivity contribution in [2.75, 3.05) is 4.90 Å². The van der Waals surface area contributed by atoms with Gasteiger partial charge in [-0.15, -0.1) is 0 Å². The molecule has 178 valence electrons. The molecule has 0 radical (unpaired) electrons. The van der Waals surface area contributed by atoms with E-state index in [4.69, 9.17) is 9.41 Å². The van der Waals surface area contributed by atoms with Crippen LogP contribution in [0.2, 0.25) is 0 Å². The van der Waals surface area contributed by atoms with Crippen molar-refractivity contribution in [3.05, 3.63) is 112 Å². The fourth-order valence-electron chi connectivity index (χ4n) is 3.89. The van der Waals surface area contributed by atoms with Crippen LogP contribution in [0.3, 0.4) is 0 Å². The second kappa shape index (κ2) is 9.71. The molecule has 5 rings (SSSR count). The molecule has 1 N–H and O–H groups in total. The SMILES string of the molecule is Cc1ccccc1N=C1S/C(=C\c2ccc(-c3cccc(C(=O)O)c3)o2)C(=O)N1c1ccccc1C. The minimum Gasteiger partial charge on any atom is -0.478 e. The van der Waals surface area contributed by atoms with Crippen LogP contribution in [0, 0.1) is 13.8 Å². The van der Waals surface area contributed by atoms with E-state index < -0.39 is 5.97 Å². The summed E-state index contributed by atoms with van der Waals surface area (Å²) in [6.07, 6.45) is 1.70. The van der Waals surface area contributed by atoms with E-state index in [-0.39, 0.29) is 11.5 Å². The summed E-state index contributed by atoms with van der Waals surface area (Å²) in [4.78, 5) is 31.9. The van der Waals surface area contributed by atoms with Crippen molar-refractivity contribution in [3.63, 3.8) is 0 Å². The van der Waals surface area contributed by atoms with Crippen LogP contribution in [0.1, 0.15) is 27.2 Å². The predicted molar refractivity (Wildman–Crippen MR) is 144 cm³/mol. The average Bonchev–Trinajstić information content (AvgIpc) is 3.46. The zero-order valence-electron chi connectivity index (χ0n) is 19.6. The molecule has 0 unspecified atom stereocenters. The molecule has 1 amide bonds. The Bertz CT molecular complexity index is 1550. The molecule has 7 heteroatoms. The van der Waals surface area contributed by atoms with Gasteiger partial charge in [0.1, 0.15) is 11.5 Å². The van der Waals surface area contributed by atoms with Gasteiger partial charge in [0.25, 0.3) is 5.91 Å². The molecule has 6 nitrogen and oxygen atoms in total. The summed E-state index contributed by atoms with van der Waals surface area (Å²) in [6, 6.07) is 25.6. The molecular formula is C29H22N2O4S. The summed E-state index contributed by atoms with van der Waals surface area (Å²) in [5.41, 5.74) is 4.37. The van der Waals surface area contributed by atoms with E-state index in [1.165, 1.54) is 17.8 Å². The van der Waals surface area contributed by atoms with E-state index in [9.17, 15) is 14.7 Å². The number of aliphatic imine (C=N–C) groups is 1. The van der Waals surface area contributed by atoms with E-state index >= 15 is 0 Å². The number of nitrogens with zero attached hydrogens (tertiary/aromatic N) is 2. The Hall–Kier alpha value is -4.36. The molecule has 0 aliphatic carbocycles. The lowest BCUT2D eigenvalue weighted by Gasteiger charge is -2.18. The molecule has 1 aliphatic heterocycles. The Balaban J connectivity index is 1.53. The fourth-order valence-corrected chi connectivity index (χ4v) is 4.85. The standard InChI is InChI=1S/C29H22N2O4S/c1-18-8-3-5-12-23(18)30-29-31(24-13-6-4-9-19(24)2)27(32)26(36-29)17-22-14-15-25(35-22)20-10-7-11-21(16-20)28(33)34/h3-17H,1-2H3,(H,33,34)/b26-17-,30-29?. The molecule has 0 spiro atoms. The van der Waals surface area contributed by atoms with Crippen LogP contribution in [0.25, 0.3) is 17.4 Å². The number of benzene rings is 3. The molecule has 2 heterocycles. The van der Waals surface area contributed by atoms with Crippen molar-refractivity contribution in [1.29, 1.82) is 0 Å². The second-order valence-electron chi connectivity index (χ2n) is 8.31. The number of carboxylic acids is 1. The first-order chi connectivity index (χ1) is 17.4. The van der Waals surface area contributed by atoms with Gasteiger partial charge in [0.15, 0.2) is 5.17 Å². The van der Waals surface area contributed by atoms with Crippen LogP contribution >= 0.6 is 11.8 Å². The van der Waals surface area contributed by atoms with E-state index in [1.54, 1.807) is 41.3 Å². The van der Waals surface area contributed by atoms with E-state index in [1.807, 2.05) is 62.4 Å². The van der Waals surface area contributed by atoms with Gasteiger partial charge >= 0.3 is 5.97 Å². The van der Waals surface area contributed by atoms with Gasteiger partial charge in [-0.2, -0.15) is 0 Å². The molecule has 0 saturated carbocycles. The van der Waals surface area contributed by atoms with Crippen LogP contribution in [0.5, 0.6) is 0 Å². The van der Waals surface area contributed by atoms with E-state index in [0.717, 1.165) is 22.5 Å². The number of amidine groups is 1. The van der Waals surface area contributed by atoms with Crippen molar-refractivity contribution in [3.8, 4) is 11.3 Å². The van der Waals surface area contributed by atoms with Crippen molar-refractivity contribution in [2.24, 2.45) is 4.99 Å². The molecule has 4 aromatic rings. The summed E-state index contributed by atoms with van der Waals surface area (Å²) in [5.74, 6) is -0.184. The number of carbonyl (C=O) groups is 2. The van der Waals surface area contributed by atoms with E-state index in [0.29, 0.717) is 27.2 Å². The van der Waals surface area contributed by atoms with Crippen LogP contribution < -0.4 is 4.90 Å². The van der Waals surface area contributed by atoms with Gasteiger partial charge < -0.3 is 9.52 Å². The minimum absolute atomic E-state index is 0.177. The number of carbonyl (C=O) groups excluding carboxylic acids is 1. The Kier molecular flexibility index (Phi) is 6.31. The highest BCUT2D eigenvalue weighted by Crippen LogP contribution is 2.39. The average molecular weight is 495 g/mol. The largest absolute Gasteiger partial charge is 0.478 e. The normalized spacial score (nSPS) is 15.7. The van der Waals surface area contributed by atoms with Crippen molar-refractivity contribution in [1.82, 2.24) is 0 Å². The van der Waals surface area contributed by atoms with Gasteiger partial charge in [0, 0.05) is 11.6 Å². The summed E-state index contributed by atoms with van der Waals surface area (Å²) in [5, 5.41) is 9.84. The number of aromatic carboxylic acids is 1.